The summed E-state index contributed by atoms with van der Waals surface area (Å²) in [5.74, 6) is 0. The second-order valence-corrected chi connectivity index (χ2v) is 19.4. The van der Waals surface area contributed by atoms with E-state index in [0.717, 1.165) is 22.6 Å². The summed E-state index contributed by atoms with van der Waals surface area (Å²) in [6.07, 6.45) is 43.0. The molecule has 0 amide bonds. The van der Waals surface area contributed by atoms with Gasteiger partial charge in [-0.3, -0.25) is 9.98 Å². The summed E-state index contributed by atoms with van der Waals surface area (Å²) in [7, 11) is 0.284. The first kappa shape index (κ1) is 29.7. The molecule has 5 aliphatic rings. The Morgan fingerprint density at radius 3 is 0.921 bits per heavy atom. The molecule has 4 heteroatoms. The highest BCUT2D eigenvalue weighted by Crippen LogP contribution is 2.56. The molecule has 38 heavy (non-hydrogen) atoms. The Labute approximate surface area is 239 Å². The van der Waals surface area contributed by atoms with Crippen LogP contribution < -0.4 is 0 Å². The van der Waals surface area contributed by atoms with Crippen LogP contribution in [0.4, 0.5) is 0 Å². The first-order chi connectivity index (χ1) is 18.9. The lowest BCUT2D eigenvalue weighted by molar-refractivity contribution is 0.390. The van der Waals surface area contributed by atoms with Crippen molar-refractivity contribution >= 4 is 28.3 Å². The fraction of sp³-hybridized carbons (Fsp3) is 0.941. The number of hydrogen-bond donors (Lipinski definition) is 0. The Hall–Kier alpha value is 0.200. The summed E-state index contributed by atoms with van der Waals surface area (Å²) in [6, 6.07) is 0.954. The van der Waals surface area contributed by atoms with Gasteiger partial charge in [0.15, 0.2) is 0 Å². The van der Waals surface area contributed by atoms with Gasteiger partial charge in [-0.25, -0.2) is 0 Å². The maximum atomic E-state index is 5.35. The van der Waals surface area contributed by atoms with E-state index in [1.54, 1.807) is 0 Å². The van der Waals surface area contributed by atoms with Crippen LogP contribution in [0.1, 0.15) is 154 Å². The van der Waals surface area contributed by atoms with E-state index in [0.29, 0.717) is 12.1 Å². The molecule has 5 saturated carbocycles. The van der Waals surface area contributed by atoms with Crippen LogP contribution in [-0.4, -0.2) is 59.5 Å². The Balaban J connectivity index is 1.18. The normalized spacial score (nSPS) is 30.3. The zero-order valence-corrected chi connectivity index (χ0v) is 26.6. The predicted octanol–water partition coefficient (Wildman–Crippen LogP) is 10.7. The van der Waals surface area contributed by atoms with E-state index < -0.39 is 0 Å². The quantitative estimate of drug-likeness (QED) is 0.188. The summed E-state index contributed by atoms with van der Waals surface area (Å²) in [4.78, 5) is 10.7. The molecule has 5 aliphatic carbocycles. The number of rotatable bonds is 10. The van der Waals surface area contributed by atoms with Crippen molar-refractivity contribution in [2.24, 2.45) is 9.98 Å². The Morgan fingerprint density at radius 2 is 0.632 bits per heavy atom. The predicted molar refractivity (Wildman–Crippen MR) is 174 cm³/mol. The fourth-order valence-corrected chi connectivity index (χ4v) is 15.9. The average molecular weight is 559 g/mol. The van der Waals surface area contributed by atoms with E-state index in [2.05, 4.69) is 12.4 Å². The maximum absolute atomic E-state index is 5.35. The van der Waals surface area contributed by atoms with E-state index in [9.17, 15) is 0 Å². The minimum atomic E-state index is 0.142. The zero-order valence-electron chi connectivity index (χ0n) is 24.8. The van der Waals surface area contributed by atoms with Crippen molar-refractivity contribution in [1.82, 2.24) is 0 Å². The first-order valence-corrected chi connectivity index (χ1v) is 20.8. The number of hydrogen-bond acceptors (Lipinski definition) is 2. The lowest BCUT2D eigenvalue weighted by Crippen LogP contribution is -2.28. The summed E-state index contributed by atoms with van der Waals surface area (Å²) in [5, 5.41) is 0. The van der Waals surface area contributed by atoms with Gasteiger partial charge in [0.25, 0.3) is 0 Å². The summed E-state index contributed by atoms with van der Waals surface area (Å²) in [5.41, 5.74) is 4.19. The van der Waals surface area contributed by atoms with Gasteiger partial charge in [-0.05, 0) is 86.8 Å². The molecular weight excluding hydrogens is 498 g/mol. The van der Waals surface area contributed by atoms with Crippen molar-refractivity contribution < 1.29 is 0 Å². The summed E-state index contributed by atoms with van der Waals surface area (Å²) >= 11 is 0. The molecule has 0 aliphatic heterocycles. The van der Waals surface area contributed by atoms with Crippen LogP contribution in [0.25, 0.3) is 0 Å². The lowest BCUT2D eigenvalue weighted by Gasteiger charge is -2.38. The maximum Gasteiger partial charge on any atom is 0.0719 e. The van der Waals surface area contributed by atoms with Crippen LogP contribution in [0.3, 0.4) is 0 Å². The molecule has 216 valence electrons. The standard InChI is InChI=1S/C34H60N2P2/c1-5-15-29(16-6-1)37(30-17-7-2-8-18-30)27-25-35-33-23-13-14-24-34(33)36-26-28-38(31-19-9-3-10-20-31)32-21-11-4-12-22-32/h25-26,29-34H,1-24,27-28H2/t33-,34-/m1/s1. The van der Waals surface area contributed by atoms with Crippen LogP contribution in [0, 0.1) is 0 Å². The van der Waals surface area contributed by atoms with Gasteiger partial charge in [0, 0.05) is 24.8 Å². The highest BCUT2D eigenvalue weighted by atomic mass is 31.1. The minimum Gasteiger partial charge on any atom is -0.292 e. The van der Waals surface area contributed by atoms with E-state index in [1.807, 2.05) is 0 Å². The molecule has 0 aromatic rings. The van der Waals surface area contributed by atoms with Crippen molar-refractivity contribution in [2.45, 2.75) is 189 Å². The SMILES string of the molecule is C(CP(C1CCCCC1)C1CCCCC1)=N[C@@H]1CCCC[C@H]1N=CCP(C1CCCCC1)C1CCCCC1. The third-order valence-electron chi connectivity index (χ3n) is 11.0. The van der Waals surface area contributed by atoms with E-state index in [-0.39, 0.29) is 15.8 Å². The fourth-order valence-electron chi connectivity index (χ4n) is 8.84. The van der Waals surface area contributed by atoms with Gasteiger partial charge in [-0.2, -0.15) is 0 Å². The molecule has 0 N–H and O–H groups in total. The van der Waals surface area contributed by atoms with Crippen molar-refractivity contribution in [2.75, 3.05) is 12.3 Å². The Morgan fingerprint density at radius 1 is 0.368 bits per heavy atom. The van der Waals surface area contributed by atoms with Gasteiger partial charge < -0.3 is 0 Å². The van der Waals surface area contributed by atoms with Crippen LogP contribution in [0.15, 0.2) is 9.98 Å². The van der Waals surface area contributed by atoms with Crippen LogP contribution in [0.2, 0.25) is 0 Å². The third kappa shape index (κ3) is 8.85. The van der Waals surface area contributed by atoms with Gasteiger partial charge in [-0.1, -0.05) is 106 Å². The van der Waals surface area contributed by atoms with Gasteiger partial charge in [-0.15, -0.1) is 0 Å². The first-order valence-electron chi connectivity index (χ1n) is 17.4. The van der Waals surface area contributed by atoms with Crippen molar-refractivity contribution in [3.8, 4) is 0 Å². The summed E-state index contributed by atoms with van der Waals surface area (Å²) < 4.78 is 0. The van der Waals surface area contributed by atoms with E-state index in [1.165, 1.54) is 166 Å². The molecule has 0 heterocycles. The minimum absolute atomic E-state index is 0.142. The van der Waals surface area contributed by atoms with Gasteiger partial charge in [0.05, 0.1) is 12.1 Å². The van der Waals surface area contributed by atoms with Crippen molar-refractivity contribution in [3.05, 3.63) is 0 Å². The van der Waals surface area contributed by atoms with Crippen molar-refractivity contribution in [1.29, 1.82) is 0 Å². The number of nitrogens with zero attached hydrogens (tertiary/aromatic N) is 2. The molecule has 0 aromatic heterocycles. The molecule has 0 saturated heterocycles. The van der Waals surface area contributed by atoms with Crippen molar-refractivity contribution in [3.63, 3.8) is 0 Å². The monoisotopic (exact) mass is 558 g/mol. The second kappa shape index (κ2) is 16.6. The molecule has 0 spiro atoms. The highest BCUT2D eigenvalue weighted by Gasteiger charge is 2.32. The van der Waals surface area contributed by atoms with Crippen LogP contribution >= 0.6 is 15.8 Å². The molecular formula is C34H60N2P2. The molecule has 2 nitrogen and oxygen atoms in total. The second-order valence-electron chi connectivity index (χ2n) is 13.6. The largest absolute Gasteiger partial charge is 0.292 e. The molecule has 0 radical (unpaired) electrons. The topological polar surface area (TPSA) is 24.7 Å². The van der Waals surface area contributed by atoms with Gasteiger partial charge in [0.1, 0.15) is 0 Å². The molecule has 0 unspecified atom stereocenters. The van der Waals surface area contributed by atoms with Gasteiger partial charge >= 0.3 is 0 Å². The summed E-state index contributed by atoms with van der Waals surface area (Å²) in [6.45, 7) is 0. The number of aliphatic imine (C=N–C) groups is 2. The van der Waals surface area contributed by atoms with Gasteiger partial charge in [0.2, 0.25) is 0 Å². The van der Waals surface area contributed by atoms with E-state index >= 15 is 0 Å². The zero-order chi connectivity index (χ0) is 25.8. The molecule has 0 aromatic carbocycles. The molecule has 0 bridgehead atoms. The molecule has 2 atom stereocenters. The lowest BCUT2D eigenvalue weighted by atomic mass is 9.91. The van der Waals surface area contributed by atoms with Crippen LogP contribution in [-0.2, 0) is 0 Å². The molecule has 5 fully saturated rings. The molecule has 5 rings (SSSR count). The van der Waals surface area contributed by atoms with Crippen LogP contribution in [0.5, 0.6) is 0 Å². The Kier molecular flexibility index (Phi) is 13.0. The van der Waals surface area contributed by atoms with E-state index in [4.69, 9.17) is 9.98 Å². The average Bonchev–Trinajstić information content (AvgIpc) is 3.00. The smallest absolute Gasteiger partial charge is 0.0719 e. The third-order valence-corrected chi connectivity index (χ3v) is 18.0. The highest BCUT2D eigenvalue weighted by molar-refractivity contribution is 7.60. The Bertz CT molecular complexity index is 603.